The average Bonchev–Trinajstić information content (AvgIpc) is 2.95. The van der Waals surface area contributed by atoms with Crippen LogP contribution in [0.3, 0.4) is 0 Å². The smallest absolute Gasteiger partial charge is 0.335 e. The van der Waals surface area contributed by atoms with Gasteiger partial charge in [-0.15, -0.1) is 11.3 Å². The maximum Gasteiger partial charge on any atom is 0.391 e. The van der Waals surface area contributed by atoms with Crippen LogP contribution in [0.2, 0.25) is 0 Å². The Bertz CT molecular complexity index is 630. The molecule has 8 heteroatoms. The highest BCUT2D eigenvalue weighted by molar-refractivity contribution is 7.11. The van der Waals surface area contributed by atoms with Gasteiger partial charge in [-0.05, 0) is 33.1 Å². The van der Waals surface area contributed by atoms with E-state index in [1.807, 2.05) is 13.8 Å². The van der Waals surface area contributed by atoms with Crippen LogP contribution < -0.4 is 5.32 Å². The van der Waals surface area contributed by atoms with Gasteiger partial charge in [-0.2, -0.15) is 13.2 Å². The summed E-state index contributed by atoms with van der Waals surface area (Å²) in [5.74, 6) is -0.998. The topological polar surface area (TPSA) is 45.2 Å². The van der Waals surface area contributed by atoms with Gasteiger partial charge in [0, 0.05) is 23.9 Å². The molecule has 0 aromatic carbocycles. The van der Waals surface area contributed by atoms with Gasteiger partial charge in [-0.3, -0.25) is 0 Å². The SMILES string of the molecule is Cc1nc(C(C)C)sc1[C@H](C)N(C)C(=O)N[C@H]1CCC[C@@H](C(F)(F)F)C1. The summed E-state index contributed by atoms with van der Waals surface area (Å²) < 4.78 is 38.8. The van der Waals surface area contributed by atoms with Gasteiger partial charge in [0.15, 0.2) is 0 Å². The number of nitrogens with zero attached hydrogens (tertiary/aromatic N) is 2. The first kappa shape index (κ1) is 21.0. The number of aromatic nitrogens is 1. The molecule has 1 aliphatic carbocycles. The average molecular weight is 392 g/mol. The third-order valence-electron chi connectivity index (χ3n) is 5.09. The predicted octanol–water partition coefficient (Wildman–Crippen LogP) is 5.40. The molecule has 1 aromatic rings. The van der Waals surface area contributed by atoms with E-state index in [0.717, 1.165) is 15.6 Å². The Hall–Kier alpha value is -1.31. The van der Waals surface area contributed by atoms with Crippen molar-refractivity contribution in [3.63, 3.8) is 0 Å². The highest BCUT2D eigenvalue weighted by Crippen LogP contribution is 2.38. The summed E-state index contributed by atoms with van der Waals surface area (Å²) in [5.41, 5.74) is 0.903. The lowest BCUT2D eigenvalue weighted by Crippen LogP contribution is -2.47. The standard InChI is InChI=1S/C18H28F3N3OS/c1-10(2)16-22-11(3)15(26-16)12(4)24(5)17(25)23-14-8-6-7-13(9-14)18(19,20)21/h10,12-14H,6-9H2,1-5H3,(H,23,25)/t12-,13+,14-/m0/s1. The van der Waals surface area contributed by atoms with Crippen molar-refractivity contribution in [2.75, 3.05) is 7.05 Å². The van der Waals surface area contributed by atoms with Gasteiger partial charge in [-0.25, -0.2) is 9.78 Å². The molecule has 26 heavy (non-hydrogen) atoms. The molecule has 148 valence electrons. The summed E-state index contributed by atoms with van der Waals surface area (Å²) >= 11 is 1.59. The Kier molecular flexibility index (Phi) is 6.58. The number of thiazole rings is 1. The number of rotatable bonds is 4. The number of nitrogens with one attached hydrogen (secondary N) is 1. The molecule has 0 unspecified atom stereocenters. The van der Waals surface area contributed by atoms with Crippen molar-refractivity contribution in [2.45, 2.75) is 77.6 Å². The molecule has 1 N–H and O–H groups in total. The molecule has 0 spiro atoms. The van der Waals surface area contributed by atoms with E-state index in [2.05, 4.69) is 24.1 Å². The van der Waals surface area contributed by atoms with Crippen molar-refractivity contribution in [1.29, 1.82) is 0 Å². The van der Waals surface area contributed by atoms with Crippen molar-refractivity contribution in [3.05, 3.63) is 15.6 Å². The number of hydrogen-bond acceptors (Lipinski definition) is 3. The summed E-state index contributed by atoms with van der Waals surface area (Å²) in [6.45, 7) is 7.99. The Morgan fingerprint density at radius 2 is 1.96 bits per heavy atom. The minimum absolute atomic E-state index is 0.0332. The Morgan fingerprint density at radius 3 is 2.50 bits per heavy atom. The van der Waals surface area contributed by atoms with Crippen LogP contribution in [0.25, 0.3) is 0 Å². The Labute approximate surface area is 157 Å². The van der Waals surface area contributed by atoms with Crippen molar-refractivity contribution in [1.82, 2.24) is 15.2 Å². The molecule has 0 bridgehead atoms. The van der Waals surface area contributed by atoms with Gasteiger partial charge in [0.1, 0.15) is 0 Å². The first-order valence-electron chi connectivity index (χ1n) is 9.08. The third-order valence-corrected chi connectivity index (χ3v) is 6.72. The number of alkyl halides is 3. The first-order valence-corrected chi connectivity index (χ1v) is 9.89. The van der Waals surface area contributed by atoms with Crippen LogP contribution in [-0.4, -0.2) is 35.2 Å². The quantitative estimate of drug-likeness (QED) is 0.747. The maximum atomic E-state index is 12.9. The second kappa shape index (κ2) is 8.15. The molecule has 4 nitrogen and oxygen atoms in total. The predicted molar refractivity (Wildman–Crippen MR) is 97.5 cm³/mol. The highest BCUT2D eigenvalue weighted by atomic mass is 32.1. The zero-order valence-corrected chi connectivity index (χ0v) is 16.8. The monoisotopic (exact) mass is 391 g/mol. The summed E-state index contributed by atoms with van der Waals surface area (Å²) in [7, 11) is 1.68. The molecule has 0 saturated heterocycles. The van der Waals surface area contributed by atoms with Gasteiger partial charge >= 0.3 is 12.2 Å². The molecular weight excluding hydrogens is 363 g/mol. The maximum absolute atomic E-state index is 12.9. The van der Waals surface area contributed by atoms with Crippen LogP contribution >= 0.6 is 11.3 Å². The zero-order valence-electron chi connectivity index (χ0n) is 16.0. The molecule has 1 fully saturated rings. The molecule has 0 radical (unpaired) electrons. The van der Waals surface area contributed by atoms with E-state index < -0.39 is 18.1 Å². The molecule has 0 aliphatic heterocycles. The lowest BCUT2D eigenvalue weighted by atomic mass is 9.85. The molecule has 1 saturated carbocycles. The minimum atomic E-state index is -4.18. The second-order valence-corrected chi connectivity index (χ2v) is 8.56. The molecular formula is C18H28F3N3OS. The number of amides is 2. The molecule has 1 aromatic heterocycles. The van der Waals surface area contributed by atoms with Crippen LogP contribution in [0.5, 0.6) is 0 Å². The van der Waals surface area contributed by atoms with Gasteiger partial charge in [0.25, 0.3) is 0 Å². The first-order chi connectivity index (χ1) is 12.0. The lowest BCUT2D eigenvalue weighted by Gasteiger charge is -2.33. The van der Waals surface area contributed by atoms with E-state index in [-0.39, 0.29) is 24.9 Å². The third kappa shape index (κ3) is 4.90. The summed E-state index contributed by atoms with van der Waals surface area (Å²) in [6.07, 6.45) is -2.98. The lowest BCUT2D eigenvalue weighted by molar-refractivity contribution is -0.183. The zero-order chi connectivity index (χ0) is 19.6. The number of hydrogen-bond donors (Lipinski definition) is 1. The fourth-order valence-electron chi connectivity index (χ4n) is 3.31. The molecule has 1 heterocycles. The summed E-state index contributed by atoms with van der Waals surface area (Å²) in [5, 5.41) is 3.82. The summed E-state index contributed by atoms with van der Waals surface area (Å²) in [6, 6.07) is -0.933. The number of aryl methyl sites for hydroxylation is 1. The molecule has 1 aliphatic rings. The van der Waals surface area contributed by atoms with Crippen molar-refractivity contribution >= 4 is 17.4 Å². The largest absolute Gasteiger partial charge is 0.391 e. The van der Waals surface area contributed by atoms with E-state index in [1.165, 1.54) is 0 Å². The van der Waals surface area contributed by atoms with Gasteiger partial charge in [0.2, 0.25) is 0 Å². The minimum Gasteiger partial charge on any atom is -0.335 e. The van der Waals surface area contributed by atoms with E-state index >= 15 is 0 Å². The normalized spacial score (nSPS) is 22.3. The Balaban J connectivity index is 2.00. The van der Waals surface area contributed by atoms with Crippen LogP contribution in [-0.2, 0) is 0 Å². The highest BCUT2D eigenvalue weighted by Gasteiger charge is 2.42. The van der Waals surface area contributed by atoms with Crippen LogP contribution in [0, 0.1) is 12.8 Å². The Morgan fingerprint density at radius 1 is 1.31 bits per heavy atom. The second-order valence-electron chi connectivity index (χ2n) is 7.49. The van der Waals surface area contributed by atoms with Crippen LogP contribution in [0.1, 0.15) is 74.0 Å². The fourth-order valence-corrected chi connectivity index (χ4v) is 4.48. The number of halogens is 3. The van der Waals surface area contributed by atoms with Crippen molar-refractivity contribution in [2.24, 2.45) is 5.92 Å². The summed E-state index contributed by atoms with van der Waals surface area (Å²) in [4.78, 5) is 19.7. The number of carbonyl (C=O) groups excluding carboxylic acids is 1. The van der Waals surface area contributed by atoms with Gasteiger partial charge < -0.3 is 10.2 Å². The van der Waals surface area contributed by atoms with Gasteiger partial charge in [-0.1, -0.05) is 20.3 Å². The molecule has 2 rings (SSSR count). The van der Waals surface area contributed by atoms with Crippen LogP contribution in [0.4, 0.5) is 18.0 Å². The van der Waals surface area contributed by atoms with E-state index in [0.29, 0.717) is 18.8 Å². The van der Waals surface area contributed by atoms with Crippen molar-refractivity contribution < 1.29 is 18.0 Å². The number of urea groups is 1. The van der Waals surface area contributed by atoms with E-state index in [4.69, 9.17) is 0 Å². The molecule has 3 atom stereocenters. The fraction of sp³-hybridized carbons (Fsp3) is 0.778. The van der Waals surface area contributed by atoms with E-state index in [1.54, 1.807) is 23.3 Å². The van der Waals surface area contributed by atoms with Gasteiger partial charge in [0.05, 0.1) is 22.7 Å². The van der Waals surface area contributed by atoms with Crippen LogP contribution in [0.15, 0.2) is 0 Å². The van der Waals surface area contributed by atoms with Crippen molar-refractivity contribution in [3.8, 4) is 0 Å². The number of carbonyl (C=O) groups is 1. The molecule has 2 amide bonds. The van der Waals surface area contributed by atoms with E-state index in [9.17, 15) is 18.0 Å².